The molecule has 0 aliphatic heterocycles. The van der Waals surface area contributed by atoms with E-state index in [-0.39, 0.29) is 5.97 Å². The van der Waals surface area contributed by atoms with Crippen molar-refractivity contribution >= 4 is 5.97 Å². The number of hydrogen-bond acceptors (Lipinski definition) is 4. The van der Waals surface area contributed by atoms with Crippen molar-refractivity contribution < 1.29 is 14.3 Å². The molecule has 0 radical (unpaired) electrons. The Labute approximate surface area is 73.0 Å². The molecule has 0 heterocycles. The van der Waals surface area contributed by atoms with Crippen LogP contribution in [0.3, 0.4) is 0 Å². The first kappa shape index (κ1) is 11.4. The molecule has 0 saturated heterocycles. The fourth-order valence-corrected chi connectivity index (χ4v) is 0.678. The first-order chi connectivity index (χ1) is 5.54. The van der Waals surface area contributed by atoms with Crippen LogP contribution in [0.2, 0.25) is 0 Å². The van der Waals surface area contributed by atoms with Crippen molar-refractivity contribution in [3.05, 3.63) is 0 Å². The zero-order chi connectivity index (χ0) is 9.61. The third-order valence-electron chi connectivity index (χ3n) is 1.35. The van der Waals surface area contributed by atoms with Gasteiger partial charge in [0.1, 0.15) is 0 Å². The molecule has 0 atom stereocenters. The molecule has 0 saturated carbocycles. The van der Waals surface area contributed by atoms with Gasteiger partial charge in [-0.15, -0.1) is 0 Å². The van der Waals surface area contributed by atoms with E-state index in [4.69, 9.17) is 15.2 Å². The van der Waals surface area contributed by atoms with Crippen LogP contribution in [0.4, 0.5) is 0 Å². The Balaban J connectivity index is 3.90. The molecular weight excluding hydrogens is 158 g/mol. The number of carbonyl (C=O) groups is 1. The molecule has 4 heteroatoms. The molecule has 12 heavy (non-hydrogen) atoms. The van der Waals surface area contributed by atoms with E-state index in [1.165, 1.54) is 0 Å². The van der Waals surface area contributed by atoms with E-state index < -0.39 is 5.60 Å². The molecule has 72 valence electrons. The lowest BCUT2D eigenvalue weighted by Crippen LogP contribution is -2.38. The van der Waals surface area contributed by atoms with Gasteiger partial charge in [0, 0.05) is 6.54 Å². The quantitative estimate of drug-likeness (QED) is 0.610. The van der Waals surface area contributed by atoms with Gasteiger partial charge in [-0.1, -0.05) is 0 Å². The number of nitrogens with two attached hydrogens (primary N) is 1. The summed E-state index contributed by atoms with van der Waals surface area (Å²) in [7, 11) is 0. The molecule has 0 bridgehead atoms. The number of carbonyl (C=O) groups excluding carboxylic acids is 1. The lowest BCUT2D eigenvalue weighted by atomic mass is 10.1. The van der Waals surface area contributed by atoms with Gasteiger partial charge in [-0.2, -0.15) is 0 Å². The summed E-state index contributed by atoms with van der Waals surface area (Å²) >= 11 is 0. The van der Waals surface area contributed by atoms with Crippen LogP contribution in [0.25, 0.3) is 0 Å². The second kappa shape index (κ2) is 5.11. The Hall–Kier alpha value is -0.610. The van der Waals surface area contributed by atoms with E-state index >= 15 is 0 Å². The Morgan fingerprint density at radius 3 is 2.50 bits per heavy atom. The van der Waals surface area contributed by atoms with Gasteiger partial charge in [0.15, 0.2) is 5.60 Å². The smallest absolute Gasteiger partial charge is 0.337 e. The Morgan fingerprint density at radius 2 is 2.08 bits per heavy atom. The summed E-state index contributed by atoms with van der Waals surface area (Å²) < 4.78 is 9.99. The highest BCUT2D eigenvalue weighted by Crippen LogP contribution is 2.10. The third kappa shape index (κ3) is 3.69. The van der Waals surface area contributed by atoms with E-state index in [1.54, 1.807) is 20.8 Å². The van der Waals surface area contributed by atoms with Gasteiger partial charge in [-0.25, -0.2) is 4.79 Å². The van der Waals surface area contributed by atoms with Crippen molar-refractivity contribution in [2.75, 3.05) is 19.8 Å². The molecule has 0 rings (SSSR count). The highest BCUT2D eigenvalue weighted by molar-refractivity contribution is 5.78. The van der Waals surface area contributed by atoms with Crippen LogP contribution in [0.1, 0.15) is 20.8 Å². The van der Waals surface area contributed by atoms with Crippen molar-refractivity contribution in [3.63, 3.8) is 0 Å². The SMILES string of the molecule is CCOC(=O)C(C)(C)OCCN. The normalized spacial score (nSPS) is 11.3. The summed E-state index contributed by atoms with van der Waals surface area (Å²) in [5.41, 5.74) is 4.35. The summed E-state index contributed by atoms with van der Waals surface area (Å²) in [4.78, 5) is 11.2. The molecule has 4 nitrogen and oxygen atoms in total. The molecule has 0 aliphatic carbocycles. The van der Waals surface area contributed by atoms with Crippen LogP contribution in [-0.4, -0.2) is 31.3 Å². The second-order valence-corrected chi connectivity index (χ2v) is 2.87. The van der Waals surface area contributed by atoms with Crippen LogP contribution in [0.15, 0.2) is 0 Å². The fraction of sp³-hybridized carbons (Fsp3) is 0.875. The molecule has 2 N–H and O–H groups in total. The summed E-state index contributed by atoms with van der Waals surface area (Å²) in [6.45, 7) is 6.24. The Bertz CT molecular complexity index is 145. The van der Waals surface area contributed by atoms with Crippen molar-refractivity contribution in [1.29, 1.82) is 0 Å². The lowest BCUT2D eigenvalue weighted by Gasteiger charge is -2.22. The maximum absolute atomic E-state index is 11.2. The summed E-state index contributed by atoms with van der Waals surface area (Å²) in [5, 5.41) is 0. The first-order valence-electron chi connectivity index (χ1n) is 4.06. The highest BCUT2D eigenvalue weighted by Gasteiger charge is 2.29. The van der Waals surface area contributed by atoms with Gasteiger partial charge in [0.05, 0.1) is 13.2 Å². The van der Waals surface area contributed by atoms with E-state index in [0.29, 0.717) is 19.8 Å². The van der Waals surface area contributed by atoms with Crippen LogP contribution in [0, 0.1) is 0 Å². The minimum absolute atomic E-state index is 0.349. The van der Waals surface area contributed by atoms with Gasteiger partial charge in [0.2, 0.25) is 0 Å². The number of ether oxygens (including phenoxy) is 2. The van der Waals surface area contributed by atoms with Crippen molar-refractivity contribution in [3.8, 4) is 0 Å². The van der Waals surface area contributed by atoms with E-state index in [2.05, 4.69) is 0 Å². The number of rotatable bonds is 5. The molecule has 0 aliphatic rings. The second-order valence-electron chi connectivity index (χ2n) is 2.87. The maximum atomic E-state index is 11.2. The first-order valence-corrected chi connectivity index (χ1v) is 4.06. The predicted octanol–water partition coefficient (Wildman–Crippen LogP) is 0.303. The number of hydrogen-bond donors (Lipinski definition) is 1. The maximum Gasteiger partial charge on any atom is 0.337 e. The molecule has 0 fully saturated rings. The molecule has 0 amide bonds. The zero-order valence-electron chi connectivity index (χ0n) is 7.92. The monoisotopic (exact) mass is 175 g/mol. The van der Waals surface area contributed by atoms with Gasteiger partial charge >= 0.3 is 5.97 Å². The average Bonchev–Trinajstić information content (AvgIpc) is 2.01. The van der Waals surface area contributed by atoms with Crippen LogP contribution < -0.4 is 5.73 Å². The molecule has 0 spiro atoms. The molecule has 0 aromatic carbocycles. The topological polar surface area (TPSA) is 61.5 Å². The molecule has 0 aromatic heterocycles. The van der Waals surface area contributed by atoms with E-state index in [9.17, 15) is 4.79 Å². The average molecular weight is 175 g/mol. The standard InChI is InChI=1S/C8H17NO3/c1-4-11-7(10)8(2,3)12-6-5-9/h4-6,9H2,1-3H3. The fourth-order valence-electron chi connectivity index (χ4n) is 0.678. The number of esters is 1. The van der Waals surface area contributed by atoms with Crippen molar-refractivity contribution in [2.24, 2.45) is 5.73 Å². The van der Waals surface area contributed by atoms with Gasteiger partial charge in [-0.3, -0.25) is 0 Å². The van der Waals surface area contributed by atoms with E-state index in [0.717, 1.165) is 0 Å². The van der Waals surface area contributed by atoms with Crippen LogP contribution in [0.5, 0.6) is 0 Å². The molecule has 0 aromatic rings. The Kier molecular flexibility index (Phi) is 4.85. The third-order valence-corrected chi connectivity index (χ3v) is 1.35. The summed E-state index contributed by atoms with van der Waals surface area (Å²) in [6, 6.07) is 0. The molecule has 0 unspecified atom stereocenters. The zero-order valence-corrected chi connectivity index (χ0v) is 7.92. The highest BCUT2D eigenvalue weighted by atomic mass is 16.6. The van der Waals surface area contributed by atoms with Gasteiger partial charge < -0.3 is 15.2 Å². The van der Waals surface area contributed by atoms with Crippen molar-refractivity contribution in [1.82, 2.24) is 0 Å². The van der Waals surface area contributed by atoms with Crippen LogP contribution in [-0.2, 0) is 14.3 Å². The summed E-state index contributed by atoms with van der Waals surface area (Å²) in [5.74, 6) is -0.349. The Morgan fingerprint density at radius 1 is 1.50 bits per heavy atom. The van der Waals surface area contributed by atoms with Crippen LogP contribution >= 0.6 is 0 Å². The summed E-state index contributed by atoms with van der Waals surface area (Å²) in [6.07, 6.45) is 0. The lowest BCUT2D eigenvalue weighted by molar-refractivity contribution is -0.167. The molecular formula is C8H17NO3. The van der Waals surface area contributed by atoms with Crippen molar-refractivity contribution in [2.45, 2.75) is 26.4 Å². The predicted molar refractivity (Wildman–Crippen MR) is 45.7 cm³/mol. The minimum Gasteiger partial charge on any atom is -0.464 e. The minimum atomic E-state index is -0.880. The van der Waals surface area contributed by atoms with Gasteiger partial charge in [0.25, 0.3) is 0 Å². The van der Waals surface area contributed by atoms with E-state index in [1.807, 2.05) is 0 Å². The van der Waals surface area contributed by atoms with Gasteiger partial charge in [-0.05, 0) is 20.8 Å². The largest absolute Gasteiger partial charge is 0.464 e.